The van der Waals surface area contributed by atoms with Crippen LogP contribution in [0.5, 0.6) is 0 Å². The van der Waals surface area contributed by atoms with Gasteiger partial charge in [-0.15, -0.1) is 6.42 Å². The average Bonchev–Trinajstić information content (AvgIpc) is 2.08. The first-order valence-electron chi connectivity index (χ1n) is 4.08. The number of terminal acetylenes is 1. The highest BCUT2D eigenvalue weighted by atomic mass is 16.4. The van der Waals surface area contributed by atoms with Gasteiger partial charge in [0.15, 0.2) is 0 Å². The first-order valence-corrected chi connectivity index (χ1v) is 4.08. The highest BCUT2D eigenvalue weighted by Gasteiger charge is 2.01. The third-order valence-electron chi connectivity index (χ3n) is 1.43. The van der Waals surface area contributed by atoms with E-state index >= 15 is 0 Å². The molecule has 0 aromatic rings. The Morgan fingerprint density at radius 3 is 2.46 bits per heavy atom. The number of amides is 1. The Labute approximate surface area is 77.3 Å². The zero-order valence-electron chi connectivity index (χ0n) is 7.38. The van der Waals surface area contributed by atoms with Crippen LogP contribution in [-0.2, 0) is 9.59 Å². The van der Waals surface area contributed by atoms with Crippen LogP contribution in [0.15, 0.2) is 0 Å². The van der Waals surface area contributed by atoms with Gasteiger partial charge in [0, 0.05) is 12.8 Å². The lowest BCUT2D eigenvalue weighted by atomic mass is 10.2. The molecule has 0 saturated carbocycles. The summed E-state index contributed by atoms with van der Waals surface area (Å²) in [6, 6.07) is 0. The van der Waals surface area contributed by atoms with Gasteiger partial charge in [-0.25, -0.2) is 0 Å². The molecule has 0 unspecified atom stereocenters. The van der Waals surface area contributed by atoms with Gasteiger partial charge < -0.3 is 10.4 Å². The smallest absolute Gasteiger partial charge is 0.303 e. The molecule has 0 bridgehead atoms. The maximum atomic E-state index is 10.9. The Kier molecular flexibility index (Phi) is 6.34. The second kappa shape index (κ2) is 7.17. The molecule has 0 radical (unpaired) electrons. The zero-order chi connectivity index (χ0) is 10.1. The lowest BCUT2D eigenvalue weighted by Gasteiger charge is -1.99. The Morgan fingerprint density at radius 2 is 1.92 bits per heavy atom. The summed E-state index contributed by atoms with van der Waals surface area (Å²) in [6.07, 6.45) is 6.50. The van der Waals surface area contributed by atoms with Crippen LogP contribution >= 0.6 is 0 Å². The predicted molar refractivity (Wildman–Crippen MR) is 47.9 cm³/mol. The molecule has 0 fully saturated rings. The molecule has 0 rings (SSSR count). The first-order chi connectivity index (χ1) is 6.16. The van der Waals surface area contributed by atoms with E-state index < -0.39 is 5.97 Å². The van der Waals surface area contributed by atoms with E-state index in [2.05, 4.69) is 11.2 Å². The Balaban J connectivity index is 3.28. The summed E-state index contributed by atoms with van der Waals surface area (Å²) in [5, 5.41) is 10.8. The van der Waals surface area contributed by atoms with Crippen LogP contribution in [0.2, 0.25) is 0 Å². The third-order valence-corrected chi connectivity index (χ3v) is 1.43. The zero-order valence-corrected chi connectivity index (χ0v) is 7.38. The number of hydrogen-bond donors (Lipinski definition) is 2. The van der Waals surface area contributed by atoms with Gasteiger partial charge in [0.1, 0.15) is 0 Å². The summed E-state index contributed by atoms with van der Waals surface area (Å²) in [5.74, 6) is 1.33. The highest BCUT2D eigenvalue weighted by Crippen LogP contribution is 1.99. The molecule has 1 amide bonds. The molecule has 72 valence electrons. The van der Waals surface area contributed by atoms with Gasteiger partial charge in [-0.3, -0.25) is 9.59 Å². The number of carbonyl (C=O) groups excluding carboxylic acids is 1. The van der Waals surface area contributed by atoms with E-state index in [0.717, 1.165) is 0 Å². The Bertz CT molecular complexity index is 217. The molecule has 0 heterocycles. The SMILES string of the molecule is C#CCNC(=O)CCCCC(=O)O. The second-order valence-corrected chi connectivity index (χ2v) is 2.58. The number of carboxylic acids is 1. The number of carbonyl (C=O) groups is 2. The number of aliphatic carboxylic acids is 1. The minimum absolute atomic E-state index is 0.114. The van der Waals surface area contributed by atoms with E-state index in [1.54, 1.807) is 0 Å². The molecule has 0 aliphatic rings. The summed E-state index contributed by atoms with van der Waals surface area (Å²) < 4.78 is 0. The number of unbranched alkanes of at least 4 members (excludes halogenated alkanes) is 1. The second-order valence-electron chi connectivity index (χ2n) is 2.58. The first kappa shape index (κ1) is 11.5. The van der Waals surface area contributed by atoms with Crippen molar-refractivity contribution in [2.75, 3.05) is 6.54 Å². The molecule has 13 heavy (non-hydrogen) atoms. The number of rotatable bonds is 6. The van der Waals surface area contributed by atoms with Crippen molar-refractivity contribution in [3.63, 3.8) is 0 Å². The van der Waals surface area contributed by atoms with Crippen LogP contribution < -0.4 is 5.32 Å². The molecular weight excluding hydrogens is 170 g/mol. The van der Waals surface area contributed by atoms with Crippen LogP contribution in [0, 0.1) is 12.3 Å². The van der Waals surface area contributed by atoms with Gasteiger partial charge in [0.25, 0.3) is 0 Å². The van der Waals surface area contributed by atoms with E-state index in [9.17, 15) is 9.59 Å². The largest absolute Gasteiger partial charge is 0.481 e. The van der Waals surface area contributed by atoms with Crippen LogP contribution in [0.1, 0.15) is 25.7 Å². The molecule has 2 N–H and O–H groups in total. The van der Waals surface area contributed by atoms with E-state index in [-0.39, 0.29) is 18.9 Å². The van der Waals surface area contributed by atoms with Gasteiger partial charge in [0.05, 0.1) is 6.54 Å². The van der Waals surface area contributed by atoms with E-state index in [4.69, 9.17) is 11.5 Å². The van der Waals surface area contributed by atoms with Crippen molar-refractivity contribution < 1.29 is 14.7 Å². The topological polar surface area (TPSA) is 66.4 Å². The maximum absolute atomic E-state index is 10.9. The molecular formula is C9H13NO3. The standard InChI is InChI=1S/C9H13NO3/c1-2-7-10-8(11)5-3-4-6-9(12)13/h1H,3-7H2,(H,10,11)(H,12,13). The van der Waals surface area contributed by atoms with Gasteiger partial charge in [-0.2, -0.15) is 0 Å². The van der Waals surface area contributed by atoms with Gasteiger partial charge in [-0.1, -0.05) is 5.92 Å². The molecule has 4 heteroatoms. The van der Waals surface area contributed by atoms with Gasteiger partial charge in [-0.05, 0) is 12.8 Å². The summed E-state index contributed by atoms with van der Waals surface area (Å²) >= 11 is 0. The fourth-order valence-electron chi connectivity index (χ4n) is 0.800. The molecule has 0 aromatic heterocycles. The number of hydrogen-bond acceptors (Lipinski definition) is 2. The highest BCUT2D eigenvalue weighted by molar-refractivity contribution is 5.76. The van der Waals surface area contributed by atoms with Crippen LogP contribution in [-0.4, -0.2) is 23.5 Å². The van der Waals surface area contributed by atoms with Crippen LogP contribution in [0.3, 0.4) is 0 Å². The van der Waals surface area contributed by atoms with Crippen LogP contribution in [0.4, 0.5) is 0 Å². The molecule has 0 saturated heterocycles. The number of nitrogens with one attached hydrogen (secondary N) is 1. The van der Waals surface area contributed by atoms with Crippen molar-refractivity contribution in [3.05, 3.63) is 0 Å². The molecule has 0 atom stereocenters. The quantitative estimate of drug-likeness (QED) is 0.462. The third kappa shape index (κ3) is 8.41. The predicted octanol–water partition coefficient (Wildman–Crippen LogP) is 0.381. The molecule has 4 nitrogen and oxygen atoms in total. The maximum Gasteiger partial charge on any atom is 0.303 e. The molecule has 0 aromatic carbocycles. The minimum atomic E-state index is -0.830. The Hall–Kier alpha value is -1.50. The van der Waals surface area contributed by atoms with Gasteiger partial charge in [0.2, 0.25) is 5.91 Å². The van der Waals surface area contributed by atoms with Gasteiger partial charge >= 0.3 is 5.97 Å². The molecule has 0 aliphatic carbocycles. The fraction of sp³-hybridized carbons (Fsp3) is 0.556. The molecule has 0 aliphatic heterocycles. The fourth-order valence-corrected chi connectivity index (χ4v) is 0.800. The van der Waals surface area contributed by atoms with Crippen molar-refractivity contribution in [3.8, 4) is 12.3 Å². The number of carboxylic acid groups (broad SMARTS) is 1. The van der Waals surface area contributed by atoms with E-state index in [1.165, 1.54) is 0 Å². The average molecular weight is 183 g/mol. The van der Waals surface area contributed by atoms with Crippen LogP contribution in [0.25, 0.3) is 0 Å². The molecule has 0 spiro atoms. The van der Waals surface area contributed by atoms with E-state index in [0.29, 0.717) is 19.3 Å². The normalized spacial score (nSPS) is 8.85. The Morgan fingerprint density at radius 1 is 1.31 bits per heavy atom. The summed E-state index contributed by atoms with van der Waals surface area (Å²) in [7, 11) is 0. The minimum Gasteiger partial charge on any atom is -0.481 e. The van der Waals surface area contributed by atoms with Crippen molar-refractivity contribution in [2.45, 2.75) is 25.7 Å². The summed E-state index contributed by atoms with van der Waals surface area (Å²) in [6.45, 7) is 0.234. The lowest BCUT2D eigenvalue weighted by molar-refractivity contribution is -0.137. The summed E-state index contributed by atoms with van der Waals surface area (Å²) in [5.41, 5.74) is 0. The monoisotopic (exact) mass is 183 g/mol. The van der Waals surface area contributed by atoms with Crippen molar-refractivity contribution in [1.29, 1.82) is 0 Å². The lowest BCUT2D eigenvalue weighted by Crippen LogP contribution is -2.22. The van der Waals surface area contributed by atoms with Crippen molar-refractivity contribution in [1.82, 2.24) is 5.32 Å². The van der Waals surface area contributed by atoms with Crippen molar-refractivity contribution in [2.24, 2.45) is 0 Å². The summed E-state index contributed by atoms with van der Waals surface area (Å²) in [4.78, 5) is 21.0. The van der Waals surface area contributed by atoms with E-state index in [1.807, 2.05) is 0 Å². The van der Waals surface area contributed by atoms with Crippen molar-refractivity contribution >= 4 is 11.9 Å².